The van der Waals surface area contributed by atoms with Crippen molar-refractivity contribution in [2.45, 2.75) is 6.92 Å². The zero-order valence-electron chi connectivity index (χ0n) is 9.51. The van der Waals surface area contributed by atoms with Gasteiger partial charge in [-0.2, -0.15) is 0 Å². The third-order valence-electron chi connectivity index (χ3n) is 2.25. The van der Waals surface area contributed by atoms with Crippen molar-refractivity contribution in [1.29, 1.82) is 0 Å². The van der Waals surface area contributed by atoms with E-state index in [0.717, 1.165) is 0 Å². The number of hydrogen-bond donors (Lipinski definition) is 1. The minimum atomic E-state index is -1.20. The van der Waals surface area contributed by atoms with Crippen LogP contribution < -0.4 is 4.74 Å². The van der Waals surface area contributed by atoms with Gasteiger partial charge in [-0.25, -0.2) is 9.18 Å². The van der Waals surface area contributed by atoms with E-state index >= 15 is 0 Å². The summed E-state index contributed by atoms with van der Waals surface area (Å²) in [5.41, 5.74) is 0.176. The number of carboxylic acid groups (broad SMARTS) is 1. The lowest BCUT2D eigenvalue weighted by Crippen LogP contribution is -1.95. The summed E-state index contributed by atoms with van der Waals surface area (Å²) in [4.78, 5) is 10.6. The average Bonchev–Trinajstić information content (AvgIpc) is 2.81. The Bertz CT molecular complexity index is 579. The predicted molar refractivity (Wildman–Crippen MR) is 60.0 cm³/mol. The number of aromatic carboxylic acids is 1. The molecule has 1 aromatic carbocycles. The summed E-state index contributed by atoms with van der Waals surface area (Å²) >= 11 is 0. The lowest BCUT2D eigenvalue weighted by Gasteiger charge is -2.04. The summed E-state index contributed by atoms with van der Waals surface area (Å²) < 4.78 is 23.5. The molecule has 94 valence electrons. The smallest absolute Gasteiger partial charge is 0.358 e. The molecule has 0 atom stereocenters. The quantitative estimate of drug-likeness (QED) is 0.904. The van der Waals surface area contributed by atoms with Crippen LogP contribution >= 0.6 is 0 Å². The molecule has 0 spiro atoms. The number of aromatic nitrogens is 1. The second-order valence-electron chi connectivity index (χ2n) is 3.46. The van der Waals surface area contributed by atoms with Crippen molar-refractivity contribution in [1.82, 2.24) is 5.16 Å². The first-order valence-corrected chi connectivity index (χ1v) is 5.24. The van der Waals surface area contributed by atoms with Crippen molar-refractivity contribution in [3.63, 3.8) is 0 Å². The van der Waals surface area contributed by atoms with Crippen molar-refractivity contribution in [3.05, 3.63) is 35.8 Å². The van der Waals surface area contributed by atoms with Gasteiger partial charge in [0.2, 0.25) is 0 Å². The number of rotatable bonds is 4. The highest BCUT2D eigenvalue weighted by Crippen LogP contribution is 2.26. The second kappa shape index (κ2) is 4.87. The second-order valence-corrected chi connectivity index (χ2v) is 3.46. The Morgan fingerprint density at radius 1 is 1.50 bits per heavy atom. The molecule has 0 radical (unpaired) electrons. The lowest BCUT2D eigenvalue weighted by atomic mass is 10.1. The van der Waals surface area contributed by atoms with E-state index in [0.29, 0.717) is 12.2 Å². The highest BCUT2D eigenvalue weighted by atomic mass is 19.1. The van der Waals surface area contributed by atoms with E-state index in [4.69, 9.17) is 14.4 Å². The van der Waals surface area contributed by atoms with Gasteiger partial charge in [-0.15, -0.1) is 0 Å². The summed E-state index contributed by atoms with van der Waals surface area (Å²) in [5, 5.41) is 12.0. The standard InChI is InChI=1S/C12H10FNO4/c1-2-17-10-4-3-7(5-8(10)13)11-6-9(12(15)16)14-18-11/h3-6H,2H2,1H3,(H,15,16). The highest BCUT2D eigenvalue weighted by molar-refractivity contribution is 5.86. The van der Waals surface area contributed by atoms with E-state index in [9.17, 15) is 9.18 Å². The first-order valence-electron chi connectivity index (χ1n) is 5.24. The maximum Gasteiger partial charge on any atom is 0.358 e. The van der Waals surface area contributed by atoms with Crippen LogP contribution in [-0.2, 0) is 0 Å². The summed E-state index contributed by atoms with van der Waals surface area (Å²) in [6.07, 6.45) is 0. The lowest BCUT2D eigenvalue weighted by molar-refractivity contribution is 0.0686. The maximum absolute atomic E-state index is 13.6. The van der Waals surface area contributed by atoms with Gasteiger partial charge in [-0.1, -0.05) is 5.16 Å². The van der Waals surface area contributed by atoms with Gasteiger partial charge in [-0.3, -0.25) is 0 Å². The van der Waals surface area contributed by atoms with Crippen LogP contribution in [0.1, 0.15) is 17.4 Å². The van der Waals surface area contributed by atoms with E-state index in [2.05, 4.69) is 5.16 Å². The Morgan fingerprint density at radius 3 is 2.83 bits per heavy atom. The molecule has 0 unspecified atom stereocenters. The largest absolute Gasteiger partial charge is 0.491 e. The fourth-order valence-electron chi connectivity index (χ4n) is 1.44. The van der Waals surface area contributed by atoms with Crippen molar-refractivity contribution in [2.24, 2.45) is 0 Å². The molecule has 1 heterocycles. The van der Waals surface area contributed by atoms with Crippen LogP contribution in [0, 0.1) is 5.82 Å². The molecular weight excluding hydrogens is 241 g/mol. The zero-order valence-corrected chi connectivity index (χ0v) is 9.51. The van der Waals surface area contributed by atoms with E-state index < -0.39 is 11.8 Å². The molecule has 0 aliphatic rings. The van der Waals surface area contributed by atoms with Crippen LogP contribution in [0.4, 0.5) is 4.39 Å². The number of halogens is 1. The SMILES string of the molecule is CCOc1ccc(-c2cc(C(=O)O)no2)cc1F. The van der Waals surface area contributed by atoms with Gasteiger partial charge < -0.3 is 14.4 Å². The number of benzene rings is 1. The molecule has 2 rings (SSSR count). The molecule has 0 fully saturated rings. The first-order chi connectivity index (χ1) is 8.61. The van der Waals surface area contributed by atoms with Gasteiger partial charge in [0.15, 0.2) is 23.0 Å². The summed E-state index contributed by atoms with van der Waals surface area (Å²) in [5.74, 6) is -1.41. The van der Waals surface area contributed by atoms with Crippen LogP contribution in [0.15, 0.2) is 28.8 Å². The predicted octanol–water partition coefficient (Wildman–Crippen LogP) is 2.58. The Labute approximate surface area is 102 Å². The molecule has 0 saturated carbocycles. The molecule has 2 aromatic rings. The number of ether oxygens (including phenoxy) is 1. The summed E-state index contributed by atoms with van der Waals surface area (Å²) in [7, 11) is 0. The van der Waals surface area contributed by atoms with Gasteiger partial charge in [0.1, 0.15) is 0 Å². The van der Waals surface area contributed by atoms with Crippen molar-refractivity contribution in [2.75, 3.05) is 6.61 Å². The highest BCUT2D eigenvalue weighted by Gasteiger charge is 2.13. The third kappa shape index (κ3) is 2.32. The van der Waals surface area contributed by atoms with Crippen LogP contribution in [-0.4, -0.2) is 22.8 Å². The Balaban J connectivity index is 2.33. The number of carbonyl (C=O) groups is 1. The molecule has 0 amide bonds. The Kier molecular flexibility index (Phi) is 3.27. The van der Waals surface area contributed by atoms with Gasteiger partial charge in [0, 0.05) is 11.6 Å². The molecule has 1 N–H and O–H groups in total. The van der Waals surface area contributed by atoms with Crippen molar-refractivity contribution < 1.29 is 23.6 Å². The molecule has 0 bridgehead atoms. The Hall–Kier alpha value is -2.37. The molecule has 18 heavy (non-hydrogen) atoms. The Morgan fingerprint density at radius 2 is 2.28 bits per heavy atom. The molecule has 0 aliphatic carbocycles. The fourth-order valence-corrected chi connectivity index (χ4v) is 1.44. The van der Waals surface area contributed by atoms with Crippen molar-refractivity contribution in [3.8, 4) is 17.1 Å². The van der Waals surface area contributed by atoms with Crippen LogP contribution in [0.2, 0.25) is 0 Å². The first kappa shape index (κ1) is 12.1. The minimum Gasteiger partial charge on any atom is -0.491 e. The summed E-state index contributed by atoms with van der Waals surface area (Å²) in [6, 6.07) is 5.46. The molecule has 1 aromatic heterocycles. The zero-order chi connectivity index (χ0) is 13.1. The van der Waals surface area contributed by atoms with E-state index in [-0.39, 0.29) is 17.2 Å². The van der Waals surface area contributed by atoms with Gasteiger partial charge in [0.05, 0.1) is 6.61 Å². The monoisotopic (exact) mass is 251 g/mol. The fraction of sp³-hybridized carbons (Fsp3) is 0.167. The topological polar surface area (TPSA) is 72.6 Å². The van der Waals surface area contributed by atoms with Crippen molar-refractivity contribution >= 4 is 5.97 Å². The number of hydrogen-bond acceptors (Lipinski definition) is 4. The summed E-state index contributed by atoms with van der Waals surface area (Å²) in [6.45, 7) is 2.12. The van der Waals surface area contributed by atoms with Gasteiger partial charge in [0.25, 0.3) is 0 Å². The average molecular weight is 251 g/mol. The molecular formula is C12H10FNO4. The molecule has 0 aliphatic heterocycles. The molecule has 6 heteroatoms. The number of carboxylic acids is 1. The van der Waals surface area contributed by atoms with Crippen LogP contribution in [0.5, 0.6) is 5.75 Å². The van der Waals surface area contributed by atoms with Crippen LogP contribution in [0.25, 0.3) is 11.3 Å². The normalized spacial score (nSPS) is 10.3. The molecule has 5 nitrogen and oxygen atoms in total. The van der Waals surface area contributed by atoms with E-state index in [1.165, 1.54) is 18.2 Å². The minimum absolute atomic E-state index is 0.138. The van der Waals surface area contributed by atoms with Crippen LogP contribution in [0.3, 0.4) is 0 Å². The van der Waals surface area contributed by atoms with Gasteiger partial charge in [-0.05, 0) is 25.1 Å². The molecule has 0 saturated heterocycles. The van der Waals surface area contributed by atoms with E-state index in [1.807, 2.05) is 0 Å². The van der Waals surface area contributed by atoms with Gasteiger partial charge >= 0.3 is 5.97 Å². The third-order valence-corrected chi connectivity index (χ3v) is 2.25. The number of nitrogens with zero attached hydrogens (tertiary/aromatic N) is 1. The maximum atomic E-state index is 13.6. The van der Waals surface area contributed by atoms with E-state index in [1.54, 1.807) is 13.0 Å².